The third-order valence-corrected chi connectivity index (χ3v) is 9.72. The lowest BCUT2D eigenvalue weighted by Gasteiger charge is -2.42. The molecule has 0 spiro atoms. The number of hydrogen-bond acceptors (Lipinski definition) is 5. The smallest absolute Gasteiger partial charge is 0.164 e. The largest absolute Gasteiger partial charge is 0.457 e. The molecule has 0 unspecified atom stereocenters. The van der Waals surface area contributed by atoms with Crippen LogP contribution in [0.4, 0.5) is 0 Å². The van der Waals surface area contributed by atoms with E-state index < -0.39 is 5.41 Å². The summed E-state index contributed by atoms with van der Waals surface area (Å²) in [5.74, 6) is 3.25. The van der Waals surface area contributed by atoms with E-state index in [1.54, 1.807) is 0 Å². The van der Waals surface area contributed by atoms with Crippen molar-refractivity contribution in [1.29, 1.82) is 5.26 Å². The van der Waals surface area contributed by atoms with Crippen LogP contribution in [0.5, 0.6) is 11.5 Å². The molecule has 2 heterocycles. The third kappa shape index (κ3) is 5.22. The van der Waals surface area contributed by atoms with Crippen LogP contribution in [-0.4, -0.2) is 15.0 Å². The van der Waals surface area contributed by atoms with Crippen molar-refractivity contribution >= 4 is 0 Å². The molecule has 0 atom stereocenters. The minimum Gasteiger partial charge on any atom is -0.457 e. The lowest BCUT2D eigenvalue weighted by atomic mass is 9.62. The second-order valence-corrected chi connectivity index (χ2v) is 12.7. The van der Waals surface area contributed by atoms with Crippen LogP contribution >= 0.6 is 0 Å². The molecule has 0 aliphatic carbocycles. The predicted octanol–water partition coefficient (Wildman–Crippen LogP) is 10.9. The minimum absolute atomic E-state index is 0.552. The van der Waals surface area contributed by atoms with Gasteiger partial charge in [0, 0.05) is 27.8 Å². The summed E-state index contributed by atoms with van der Waals surface area (Å²) < 4.78 is 6.75. The van der Waals surface area contributed by atoms with Crippen LogP contribution in [0.1, 0.15) is 27.8 Å². The van der Waals surface area contributed by atoms with E-state index in [4.69, 9.17) is 19.7 Å². The Bertz CT molecular complexity index is 2540. The van der Waals surface area contributed by atoms with Gasteiger partial charge in [-0.3, -0.25) is 0 Å². The first kappa shape index (κ1) is 30.9. The Labute approximate surface area is 302 Å². The molecule has 0 saturated heterocycles. The molecule has 1 aliphatic heterocycles. The average Bonchev–Trinajstić information content (AvgIpc) is 3.23. The van der Waals surface area contributed by atoms with E-state index in [-0.39, 0.29) is 0 Å². The molecule has 1 aliphatic rings. The van der Waals surface area contributed by atoms with Crippen molar-refractivity contribution in [3.63, 3.8) is 0 Å². The van der Waals surface area contributed by atoms with Crippen LogP contribution in [0.2, 0.25) is 0 Å². The van der Waals surface area contributed by atoms with Gasteiger partial charge in [0.25, 0.3) is 0 Å². The first-order valence-corrected chi connectivity index (χ1v) is 17.2. The summed E-state index contributed by atoms with van der Waals surface area (Å²) in [4.78, 5) is 15.5. The fourth-order valence-electron chi connectivity index (χ4n) is 7.34. The lowest BCUT2D eigenvalue weighted by molar-refractivity contribution is 0.435. The molecule has 0 bridgehead atoms. The molecule has 0 radical (unpaired) electrons. The van der Waals surface area contributed by atoms with Gasteiger partial charge in [-0.15, -0.1) is 0 Å². The van der Waals surface area contributed by atoms with Crippen LogP contribution in [-0.2, 0) is 5.41 Å². The number of benzene rings is 7. The molecule has 7 aromatic carbocycles. The maximum atomic E-state index is 9.25. The Hall–Kier alpha value is -7.16. The summed E-state index contributed by atoms with van der Waals surface area (Å²) in [6.45, 7) is 0. The monoisotopic (exact) mass is 666 g/mol. The average molecular weight is 667 g/mol. The van der Waals surface area contributed by atoms with Crippen molar-refractivity contribution < 1.29 is 4.74 Å². The van der Waals surface area contributed by atoms with Gasteiger partial charge in [0.05, 0.1) is 17.0 Å². The quantitative estimate of drug-likeness (QED) is 0.177. The van der Waals surface area contributed by atoms with Gasteiger partial charge in [0.2, 0.25) is 0 Å². The summed E-state index contributed by atoms with van der Waals surface area (Å²) in [5, 5.41) is 9.25. The van der Waals surface area contributed by atoms with E-state index >= 15 is 0 Å². The Kier molecular flexibility index (Phi) is 7.68. The molecule has 5 heteroatoms. The first-order chi connectivity index (χ1) is 25.7. The topological polar surface area (TPSA) is 71.7 Å². The highest BCUT2D eigenvalue weighted by Gasteiger charge is 2.47. The number of nitrogens with zero attached hydrogens (tertiary/aromatic N) is 4. The van der Waals surface area contributed by atoms with Crippen LogP contribution in [0, 0.1) is 11.3 Å². The summed E-state index contributed by atoms with van der Waals surface area (Å²) >= 11 is 0. The van der Waals surface area contributed by atoms with E-state index in [0.29, 0.717) is 23.0 Å². The SMILES string of the molecule is N#Cc1ccc(-c2ccc(-c3nc(-c4ccccc4)nc(-c4cccc5c4C(c4ccccc4)(c4ccccc4)c4ccccc4O5)n3)cc2)cc1. The minimum atomic E-state index is -0.744. The zero-order valence-corrected chi connectivity index (χ0v) is 28.0. The highest BCUT2D eigenvalue weighted by molar-refractivity contribution is 5.80. The molecule has 0 amide bonds. The molecule has 52 heavy (non-hydrogen) atoms. The molecular weight excluding hydrogens is 637 g/mol. The molecule has 9 rings (SSSR count). The molecule has 5 nitrogen and oxygen atoms in total. The van der Waals surface area contributed by atoms with E-state index in [9.17, 15) is 5.26 Å². The van der Waals surface area contributed by atoms with Gasteiger partial charge in [-0.05, 0) is 46.5 Å². The van der Waals surface area contributed by atoms with Gasteiger partial charge in [0.15, 0.2) is 17.5 Å². The second-order valence-electron chi connectivity index (χ2n) is 12.7. The number of rotatable bonds is 6. The molecule has 8 aromatic rings. The zero-order chi connectivity index (χ0) is 34.9. The Morgan fingerprint density at radius 2 is 0.904 bits per heavy atom. The maximum Gasteiger partial charge on any atom is 0.164 e. The van der Waals surface area contributed by atoms with E-state index in [1.807, 2.05) is 91.0 Å². The molecule has 0 saturated carbocycles. The summed E-state index contributed by atoms with van der Waals surface area (Å²) in [6, 6.07) is 63.7. The number of aromatic nitrogens is 3. The molecular formula is C47H30N4O. The maximum absolute atomic E-state index is 9.25. The highest BCUT2D eigenvalue weighted by Crippen LogP contribution is 2.57. The number of fused-ring (bicyclic) bond motifs is 2. The van der Waals surface area contributed by atoms with Crippen molar-refractivity contribution in [3.05, 3.63) is 210 Å². The number of para-hydroxylation sites is 1. The van der Waals surface area contributed by atoms with Crippen molar-refractivity contribution in [2.45, 2.75) is 5.41 Å². The van der Waals surface area contributed by atoms with Crippen LogP contribution in [0.15, 0.2) is 182 Å². The highest BCUT2D eigenvalue weighted by atomic mass is 16.5. The summed E-state index contributed by atoms with van der Waals surface area (Å²) in [7, 11) is 0. The molecule has 0 N–H and O–H groups in total. The van der Waals surface area contributed by atoms with E-state index in [1.165, 1.54) is 0 Å². The summed E-state index contributed by atoms with van der Waals surface area (Å²) in [6.07, 6.45) is 0. The van der Waals surface area contributed by atoms with Gasteiger partial charge in [-0.25, -0.2) is 15.0 Å². The van der Waals surface area contributed by atoms with E-state index in [0.717, 1.165) is 61.6 Å². The van der Waals surface area contributed by atoms with Gasteiger partial charge in [-0.1, -0.05) is 158 Å². The van der Waals surface area contributed by atoms with Gasteiger partial charge in [0.1, 0.15) is 11.5 Å². The van der Waals surface area contributed by atoms with Gasteiger partial charge in [-0.2, -0.15) is 5.26 Å². The molecule has 1 aromatic heterocycles. The predicted molar refractivity (Wildman–Crippen MR) is 205 cm³/mol. The van der Waals surface area contributed by atoms with Crippen LogP contribution in [0.25, 0.3) is 45.3 Å². The van der Waals surface area contributed by atoms with Crippen molar-refractivity contribution in [2.75, 3.05) is 0 Å². The number of nitriles is 1. The standard InChI is InChI=1S/C47H30N4O/c48-31-32-23-25-33(26-24-32)34-27-29-36(30-28-34)45-49-44(35-13-4-1-5-14-35)50-46(51-45)39-19-12-22-42-43(39)47(37-15-6-2-7-16-37,38-17-8-3-9-18-38)40-20-10-11-21-41(40)52-42/h1-30H. The van der Waals surface area contributed by atoms with E-state index in [2.05, 4.69) is 97.1 Å². The van der Waals surface area contributed by atoms with Crippen molar-refractivity contribution in [1.82, 2.24) is 15.0 Å². The molecule has 244 valence electrons. The van der Waals surface area contributed by atoms with Gasteiger partial charge < -0.3 is 4.74 Å². The summed E-state index contributed by atoms with van der Waals surface area (Å²) in [5.41, 5.74) is 8.81. The van der Waals surface area contributed by atoms with Crippen LogP contribution in [0.3, 0.4) is 0 Å². The zero-order valence-electron chi connectivity index (χ0n) is 28.0. The van der Waals surface area contributed by atoms with Crippen molar-refractivity contribution in [3.8, 4) is 62.9 Å². The normalized spacial score (nSPS) is 12.5. The molecule has 0 fully saturated rings. The Morgan fingerprint density at radius 3 is 1.52 bits per heavy atom. The Balaban J connectivity index is 1.29. The van der Waals surface area contributed by atoms with Gasteiger partial charge >= 0.3 is 0 Å². The fraction of sp³-hybridized carbons (Fsp3) is 0.0213. The number of hydrogen-bond donors (Lipinski definition) is 0. The Morgan fingerprint density at radius 1 is 0.423 bits per heavy atom. The van der Waals surface area contributed by atoms with Crippen molar-refractivity contribution in [2.24, 2.45) is 0 Å². The fourth-order valence-corrected chi connectivity index (χ4v) is 7.34. The second kappa shape index (κ2) is 12.9. The lowest BCUT2D eigenvalue weighted by Crippen LogP contribution is -2.35. The third-order valence-electron chi connectivity index (χ3n) is 9.72. The van der Waals surface area contributed by atoms with Crippen LogP contribution < -0.4 is 4.74 Å². The number of ether oxygens (including phenoxy) is 1. The first-order valence-electron chi connectivity index (χ1n) is 17.2.